The van der Waals surface area contributed by atoms with E-state index in [0.29, 0.717) is 17.5 Å². The van der Waals surface area contributed by atoms with Crippen molar-refractivity contribution in [2.75, 3.05) is 0 Å². The second-order valence-electron chi connectivity index (χ2n) is 12.0. The molecule has 9 rings (SSSR count). The number of para-hydroxylation sites is 1. The van der Waals surface area contributed by atoms with Gasteiger partial charge in [-0.3, -0.25) is 0 Å². The van der Waals surface area contributed by atoms with Crippen molar-refractivity contribution < 1.29 is 4.74 Å². The van der Waals surface area contributed by atoms with Gasteiger partial charge in [0.2, 0.25) is 0 Å². The van der Waals surface area contributed by atoms with Crippen LogP contribution in [0.2, 0.25) is 0 Å². The van der Waals surface area contributed by atoms with Crippen LogP contribution in [0.25, 0.3) is 61.6 Å². The number of ether oxygens (including phenoxy) is 1. The summed E-state index contributed by atoms with van der Waals surface area (Å²) in [4.78, 5) is 15.0. The third-order valence-corrected chi connectivity index (χ3v) is 9.08. The van der Waals surface area contributed by atoms with Crippen molar-refractivity contribution in [1.29, 1.82) is 0 Å². The van der Waals surface area contributed by atoms with E-state index in [0.717, 1.165) is 44.3 Å². The SMILES string of the molecule is C1=CC2Oc3ccccc3C2C(c2ccc3ccc(-c4nc(-c5ccccc5)nc(-c5cccc(-c6ccccc6)c5)n4)cc3c2)=C1. The van der Waals surface area contributed by atoms with Gasteiger partial charge in [0.05, 0.1) is 5.92 Å². The zero-order chi connectivity index (χ0) is 31.2. The van der Waals surface area contributed by atoms with Crippen molar-refractivity contribution in [3.63, 3.8) is 0 Å². The van der Waals surface area contributed by atoms with Gasteiger partial charge >= 0.3 is 0 Å². The third-order valence-electron chi connectivity index (χ3n) is 9.08. The lowest BCUT2D eigenvalue weighted by atomic mass is 9.81. The molecule has 4 heteroatoms. The Morgan fingerprint density at radius 2 is 1.04 bits per heavy atom. The maximum Gasteiger partial charge on any atom is 0.164 e. The Morgan fingerprint density at radius 1 is 0.447 bits per heavy atom. The molecule has 1 aromatic heterocycles. The molecule has 0 N–H and O–H groups in total. The van der Waals surface area contributed by atoms with Crippen LogP contribution >= 0.6 is 0 Å². The molecule has 2 aliphatic rings. The van der Waals surface area contributed by atoms with E-state index in [1.54, 1.807) is 0 Å². The first-order valence-corrected chi connectivity index (χ1v) is 15.9. The molecule has 4 nitrogen and oxygen atoms in total. The quantitative estimate of drug-likeness (QED) is 0.196. The van der Waals surface area contributed by atoms with Crippen LogP contribution in [0.1, 0.15) is 17.0 Å². The normalized spacial score (nSPS) is 16.3. The van der Waals surface area contributed by atoms with Crippen LogP contribution in [-0.4, -0.2) is 21.1 Å². The third kappa shape index (κ3) is 5.01. The zero-order valence-corrected chi connectivity index (χ0v) is 25.5. The molecule has 7 aromatic rings. The fourth-order valence-electron chi connectivity index (χ4n) is 6.76. The minimum absolute atomic E-state index is 0.00914. The summed E-state index contributed by atoms with van der Waals surface area (Å²) in [6.45, 7) is 0. The molecule has 0 radical (unpaired) electrons. The highest BCUT2D eigenvalue weighted by molar-refractivity contribution is 5.91. The number of hydrogen-bond donors (Lipinski definition) is 0. The zero-order valence-electron chi connectivity index (χ0n) is 25.5. The second kappa shape index (κ2) is 11.3. The van der Waals surface area contributed by atoms with Crippen LogP contribution in [0, 0.1) is 0 Å². The average Bonchev–Trinajstić information content (AvgIpc) is 3.54. The van der Waals surface area contributed by atoms with Crippen molar-refractivity contribution in [2.45, 2.75) is 12.0 Å². The van der Waals surface area contributed by atoms with E-state index in [2.05, 4.69) is 121 Å². The number of nitrogens with zero attached hydrogens (tertiary/aromatic N) is 3. The lowest BCUT2D eigenvalue weighted by molar-refractivity contribution is 0.271. The number of allylic oxidation sites excluding steroid dienone is 2. The topological polar surface area (TPSA) is 47.9 Å². The van der Waals surface area contributed by atoms with Gasteiger partial charge in [0.15, 0.2) is 17.5 Å². The summed E-state index contributed by atoms with van der Waals surface area (Å²) in [6.07, 6.45) is 6.51. The van der Waals surface area contributed by atoms with Gasteiger partial charge in [-0.05, 0) is 63.4 Å². The standard InChI is InChI=1S/C43H29N3O/c1-3-11-28(12-4-1)31-15-9-16-33(25-31)42-44-41(30-13-5-2-6-14-30)45-43(46-42)34-24-22-29-21-23-32(26-35(29)27-34)36-18-10-20-39-40(36)37-17-7-8-19-38(37)47-39/h1-27,39-40H. The summed E-state index contributed by atoms with van der Waals surface area (Å²) in [5, 5.41) is 2.30. The lowest BCUT2D eigenvalue weighted by Crippen LogP contribution is -2.19. The Morgan fingerprint density at radius 3 is 1.83 bits per heavy atom. The minimum atomic E-state index is 0.00914. The smallest absolute Gasteiger partial charge is 0.164 e. The summed E-state index contributed by atoms with van der Waals surface area (Å²) in [6, 6.07) is 50.5. The summed E-state index contributed by atoms with van der Waals surface area (Å²) in [5.41, 5.74) is 8.81. The first kappa shape index (κ1) is 27.2. The predicted molar refractivity (Wildman–Crippen MR) is 190 cm³/mol. The van der Waals surface area contributed by atoms with Crippen molar-refractivity contribution in [3.05, 3.63) is 175 Å². The largest absolute Gasteiger partial charge is 0.485 e. The maximum absolute atomic E-state index is 6.30. The number of benzene rings is 6. The van der Waals surface area contributed by atoms with Gasteiger partial charge in [0.25, 0.3) is 0 Å². The fraction of sp³-hybridized carbons (Fsp3) is 0.0465. The van der Waals surface area contributed by atoms with Crippen LogP contribution in [0.3, 0.4) is 0 Å². The molecule has 1 aliphatic heterocycles. The molecule has 2 heterocycles. The number of hydrogen-bond acceptors (Lipinski definition) is 4. The Hall–Kier alpha value is -6.13. The predicted octanol–water partition coefficient (Wildman–Crippen LogP) is 10.2. The van der Waals surface area contributed by atoms with Crippen LogP contribution in [-0.2, 0) is 0 Å². The van der Waals surface area contributed by atoms with Gasteiger partial charge in [-0.15, -0.1) is 0 Å². The molecule has 222 valence electrons. The van der Waals surface area contributed by atoms with E-state index in [-0.39, 0.29) is 12.0 Å². The van der Waals surface area contributed by atoms with Crippen LogP contribution in [0.4, 0.5) is 0 Å². The van der Waals surface area contributed by atoms with Crippen LogP contribution < -0.4 is 4.74 Å². The molecule has 0 saturated carbocycles. The van der Waals surface area contributed by atoms with E-state index in [1.807, 2.05) is 42.5 Å². The molecular weight excluding hydrogens is 574 g/mol. The van der Waals surface area contributed by atoms with Crippen LogP contribution in [0.5, 0.6) is 5.75 Å². The summed E-state index contributed by atoms with van der Waals surface area (Å²) in [5.74, 6) is 3.07. The molecule has 0 fully saturated rings. The monoisotopic (exact) mass is 603 g/mol. The Balaban J connectivity index is 1.15. The van der Waals surface area contributed by atoms with Gasteiger partial charge in [-0.2, -0.15) is 0 Å². The molecule has 0 amide bonds. The summed E-state index contributed by atoms with van der Waals surface area (Å²) >= 11 is 0. The van der Waals surface area contributed by atoms with Crippen LogP contribution in [0.15, 0.2) is 164 Å². The van der Waals surface area contributed by atoms with Crippen molar-refractivity contribution in [1.82, 2.24) is 15.0 Å². The average molecular weight is 604 g/mol. The second-order valence-corrected chi connectivity index (χ2v) is 12.0. The van der Waals surface area contributed by atoms with Crippen molar-refractivity contribution in [3.8, 4) is 51.0 Å². The molecule has 6 aromatic carbocycles. The van der Waals surface area contributed by atoms with E-state index >= 15 is 0 Å². The summed E-state index contributed by atoms with van der Waals surface area (Å²) in [7, 11) is 0. The van der Waals surface area contributed by atoms with Gasteiger partial charge < -0.3 is 4.74 Å². The molecular formula is C43H29N3O. The Bertz CT molecular complexity index is 2340. The highest BCUT2D eigenvalue weighted by Crippen LogP contribution is 2.48. The fourth-order valence-corrected chi connectivity index (χ4v) is 6.76. The van der Waals surface area contributed by atoms with Gasteiger partial charge in [-0.25, -0.2) is 15.0 Å². The highest BCUT2D eigenvalue weighted by atomic mass is 16.5. The van der Waals surface area contributed by atoms with Crippen molar-refractivity contribution >= 4 is 16.3 Å². The molecule has 0 bridgehead atoms. The lowest BCUT2D eigenvalue weighted by Gasteiger charge is -2.23. The van der Waals surface area contributed by atoms with E-state index < -0.39 is 0 Å². The van der Waals surface area contributed by atoms with Gasteiger partial charge in [0.1, 0.15) is 11.9 Å². The van der Waals surface area contributed by atoms with E-state index in [9.17, 15) is 0 Å². The molecule has 47 heavy (non-hydrogen) atoms. The molecule has 0 spiro atoms. The van der Waals surface area contributed by atoms with E-state index in [4.69, 9.17) is 19.7 Å². The molecule has 1 aliphatic carbocycles. The van der Waals surface area contributed by atoms with Gasteiger partial charge in [-0.1, -0.05) is 133 Å². The highest BCUT2D eigenvalue weighted by Gasteiger charge is 2.36. The van der Waals surface area contributed by atoms with E-state index in [1.165, 1.54) is 16.7 Å². The maximum atomic E-state index is 6.30. The molecule has 0 saturated heterocycles. The number of aromatic nitrogens is 3. The van der Waals surface area contributed by atoms with Crippen molar-refractivity contribution in [2.24, 2.45) is 0 Å². The van der Waals surface area contributed by atoms with Gasteiger partial charge in [0, 0.05) is 22.3 Å². The first-order chi connectivity index (χ1) is 23.3. The number of fused-ring (bicyclic) bond motifs is 4. The number of rotatable bonds is 5. The molecule has 2 atom stereocenters. The first-order valence-electron chi connectivity index (χ1n) is 15.9. The Labute approximate surface area is 273 Å². The molecule has 2 unspecified atom stereocenters. The minimum Gasteiger partial charge on any atom is -0.485 e. The Kier molecular flexibility index (Phi) is 6.57. The summed E-state index contributed by atoms with van der Waals surface area (Å²) < 4.78 is 6.30.